The number of halogens is 1. The summed E-state index contributed by atoms with van der Waals surface area (Å²) in [7, 11) is -4.20. The maximum atomic E-state index is 11.1. The van der Waals surface area contributed by atoms with E-state index in [1.807, 2.05) is 36.6 Å². The molecule has 0 atom stereocenters. The highest BCUT2D eigenvalue weighted by Gasteiger charge is 2.09. The first-order valence-corrected chi connectivity index (χ1v) is 10.1. The van der Waals surface area contributed by atoms with E-state index in [1.165, 1.54) is 23.5 Å². The summed E-state index contributed by atoms with van der Waals surface area (Å²) in [6.07, 6.45) is 0. The van der Waals surface area contributed by atoms with Crippen LogP contribution < -0.4 is 4.80 Å². The summed E-state index contributed by atoms with van der Waals surface area (Å²) < 4.78 is 33.3. The van der Waals surface area contributed by atoms with Crippen LogP contribution in [0.25, 0.3) is 11.3 Å². The highest BCUT2D eigenvalue weighted by atomic mass is 35.5. The lowest BCUT2D eigenvalue weighted by atomic mass is 10.2. The van der Waals surface area contributed by atoms with Gasteiger partial charge in [0.05, 0.1) is 16.3 Å². The molecule has 2 aromatic carbocycles. The molecule has 130 valence electrons. The molecule has 0 radical (unpaired) electrons. The van der Waals surface area contributed by atoms with Gasteiger partial charge in [0, 0.05) is 22.5 Å². The molecule has 25 heavy (non-hydrogen) atoms. The Bertz CT molecular complexity index is 1070. The Morgan fingerprint density at radius 3 is 2.52 bits per heavy atom. The molecule has 0 aliphatic rings. The van der Waals surface area contributed by atoms with Crippen LogP contribution in [0.5, 0.6) is 0 Å². The molecule has 0 saturated heterocycles. The van der Waals surface area contributed by atoms with Crippen molar-refractivity contribution in [3.63, 3.8) is 0 Å². The predicted octanol–water partition coefficient (Wildman–Crippen LogP) is 4.37. The fraction of sp³-hybridized carbons (Fsp3) is 0.118. The zero-order valence-corrected chi connectivity index (χ0v) is 15.6. The van der Waals surface area contributed by atoms with Crippen molar-refractivity contribution in [2.24, 2.45) is 4.99 Å². The van der Waals surface area contributed by atoms with E-state index in [1.54, 1.807) is 12.1 Å². The van der Waals surface area contributed by atoms with E-state index in [0.717, 1.165) is 22.6 Å². The Hall–Kier alpha value is -1.93. The third-order valence-corrected chi connectivity index (χ3v) is 5.56. The highest BCUT2D eigenvalue weighted by molar-refractivity contribution is 7.85. The van der Waals surface area contributed by atoms with Gasteiger partial charge in [-0.2, -0.15) is 8.42 Å². The third-order valence-electron chi connectivity index (χ3n) is 3.59. The quantitative estimate of drug-likeness (QED) is 0.668. The predicted molar refractivity (Wildman–Crippen MR) is 99.9 cm³/mol. The lowest BCUT2D eigenvalue weighted by Crippen LogP contribution is -2.14. The maximum absolute atomic E-state index is 11.1. The second-order valence-electron chi connectivity index (χ2n) is 5.24. The average Bonchev–Trinajstić information content (AvgIpc) is 2.97. The third kappa shape index (κ3) is 4.01. The van der Waals surface area contributed by atoms with Gasteiger partial charge in [-0.25, -0.2) is 4.99 Å². The second-order valence-corrected chi connectivity index (χ2v) is 7.93. The normalized spacial score (nSPS) is 12.5. The number of nitrogens with zero attached hydrogens (tertiary/aromatic N) is 2. The Labute approximate surface area is 154 Å². The highest BCUT2D eigenvalue weighted by Crippen LogP contribution is 2.24. The SMILES string of the molecule is CCn1c(-c2cccc(Cl)c2)cs/c1=N\c1ccc(S(=O)(=O)O)cc1. The van der Waals surface area contributed by atoms with Crippen molar-refractivity contribution in [1.82, 2.24) is 4.57 Å². The molecule has 0 amide bonds. The van der Waals surface area contributed by atoms with E-state index >= 15 is 0 Å². The van der Waals surface area contributed by atoms with Crippen LogP contribution in [0.2, 0.25) is 5.02 Å². The van der Waals surface area contributed by atoms with E-state index in [2.05, 4.69) is 9.56 Å². The molecule has 0 unspecified atom stereocenters. The van der Waals surface area contributed by atoms with E-state index in [0.29, 0.717) is 10.7 Å². The molecule has 1 heterocycles. The van der Waals surface area contributed by atoms with Crippen molar-refractivity contribution in [1.29, 1.82) is 0 Å². The first kappa shape index (κ1) is 17.9. The van der Waals surface area contributed by atoms with Gasteiger partial charge >= 0.3 is 0 Å². The van der Waals surface area contributed by atoms with Crippen LogP contribution in [0, 0.1) is 0 Å². The smallest absolute Gasteiger partial charge is 0.294 e. The van der Waals surface area contributed by atoms with Crippen LogP contribution in [0.1, 0.15) is 6.92 Å². The summed E-state index contributed by atoms with van der Waals surface area (Å²) in [5, 5.41) is 2.69. The van der Waals surface area contributed by atoms with Gasteiger partial charge in [-0.05, 0) is 43.3 Å². The molecule has 3 rings (SSSR count). The van der Waals surface area contributed by atoms with Crippen LogP contribution >= 0.6 is 22.9 Å². The summed E-state index contributed by atoms with van der Waals surface area (Å²) in [4.78, 5) is 5.21. The maximum Gasteiger partial charge on any atom is 0.294 e. The van der Waals surface area contributed by atoms with Crippen molar-refractivity contribution < 1.29 is 13.0 Å². The van der Waals surface area contributed by atoms with Crippen LogP contribution in [0.4, 0.5) is 5.69 Å². The Morgan fingerprint density at radius 2 is 1.92 bits per heavy atom. The first-order chi connectivity index (χ1) is 11.9. The summed E-state index contributed by atoms with van der Waals surface area (Å²) in [5.41, 5.74) is 2.63. The first-order valence-electron chi connectivity index (χ1n) is 7.45. The summed E-state index contributed by atoms with van der Waals surface area (Å²) >= 11 is 7.57. The minimum Gasteiger partial charge on any atom is -0.317 e. The Balaban J connectivity index is 2.05. The van der Waals surface area contributed by atoms with Crippen molar-refractivity contribution in [3.8, 4) is 11.3 Å². The molecule has 1 aromatic heterocycles. The largest absolute Gasteiger partial charge is 0.317 e. The Kier molecular flexibility index (Phi) is 5.10. The molecular formula is C17H15ClN2O3S2. The topological polar surface area (TPSA) is 71.7 Å². The molecule has 0 saturated carbocycles. The van der Waals surface area contributed by atoms with Crippen LogP contribution in [0.15, 0.2) is 63.8 Å². The number of thiazole rings is 1. The van der Waals surface area contributed by atoms with Gasteiger partial charge in [-0.1, -0.05) is 23.7 Å². The van der Waals surface area contributed by atoms with E-state index in [4.69, 9.17) is 16.2 Å². The molecule has 8 heteroatoms. The molecule has 0 fully saturated rings. The number of hydrogen-bond donors (Lipinski definition) is 1. The van der Waals surface area contributed by atoms with Crippen LogP contribution in [-0.4, -0.2) is 17.5 Å². The van der Waals surface area contributed by atoms with Gasteiger partial charge in [-0.3, -0.25) is 4.55 Å². The molecule has 0 aliphatic heterocycles. The van der Waals surface area contributed by atoms with Crippen molar-refractivity contribution in [2.75, 3.05) is 0 Å². The van der Waals surface area contributed by atoms with Gasteiger partial charge in [-0.15, -0.1) is 11.3 Å². The molecular weight excluding hydrogens is 380 g/mol. The zero-order chi connectivity index (χ0) is 18.0. The minimum absolute atomic E-state index is 0.152. The van der Waals surface area contributed by atoms with Crippen molar-refractivity contribution in [3.05, 3.63) is 63.7 Å². The van der Waals surface area contributed by atoms with Gasteiger partial charge in [0.25, 0.3) is 10.1 Å². The lowest BCUT2D eigenvalue weighted by Gasteiger charge is -2.06. The molecule has 5 nitrogen and oxygen atoms in total. The zero-order valence-electron chi connectivity index (χ0n) is 13.3. The molecule has 0 spiro atoms. The Morgan fingerprint density at radius 1 is 1.20 bits per heavy atom. The van der Waals surface area contributed by atoms with Gasteiger partial charge in [0.2, 0.25) is 0 Å². The number of hydrogen-bond acceptors (Lipinski definition) is 4. The minimum atomic E-state index is -4.20. The number of rotatable bonds is 4. The van der Waals surface area contributed by atoms with Crippen LogP contribution in [0.3, 0.4) is 0 Å². The number of benzene rings is 2. The molecule has 3 aromatic rings. The van der Waals surface area contributed by atoms with Crippen LogP contribution in [-0.2, 0) is 16.7 Å². The standard InChI is InChI=1S/C17H15ClN2O3S2/c1-2-20-16(12-4-3-5-13(18)10-12)11-24-17(20)19-14-6-8-15(9-7-14)25(21,22)23/h3-11H,2H2,1H3,(H,21,22,23)/b19-17-. The second kappa shape index (κ2) is 7.13. The molecule has 1 N–H and O–H groups in total. The molecule has 0 aliphatic carbocycles. The van der Waals surface area contributed by atoms with Gasteiger partial charge < -0.3 is 4.57 Å². The van der Waals surface area contributed by atoms with Gasteiger partial charge in [0.15, 0.2) is 4.80 Å². The lowest BCUT2D eigenvalue weighted by molar-refractivity contribution is 0.483. The van der Waals surface area contributed by atoms with Crippen molar-refractivity contribution >= 4 is 38.7 Å². The van der Waals surface area contributed by atoms with E-state index in [9.17, 15) is 8.42 Å². The van der Waals surface area contributed by atoms with Crippen molar-refractivity contribution in [2.45, 2.75) is 18.4 Å². The summed E-state index contributed by atoms with van der Waals surface area (Å²) in [6.45, 7) is 2.76. The fourth-order valence-electron chi connectivity index (χ4n) is 2.41. The molecule has 0 bridgehead atoms. The fourth-order valence-corrected chi connectivity index (χ4v) is 4.07. The van der Waals surface area contributed by atoms with Gasteiger partial charge in [0.1, 0.15) is 0 Å². The van der Waals surface area contributed by atoms with E-state index < -0.39 is 10.1 Å². The summed E-state index contributed by atoms with van der Waals surface area (Å²) in [5.74, 6) is 0. The monoisotopic (exact) mass is 394 g/mol. The number of aromatic nitrogens is 1. The van der Waals surface area contributed by atoms with E-state index in [-0.39, 0.29) is 4.90 Å². The average molecular weight is 395 g/mol. The summed E-state index contributed by atoms with van der Waals surface area (Å²) in [6, 6.07) is 13.4.